The van der Waals surface area contributed by atoms with E-state index in [0.29, 0.717) is 17.5 Å². The van der Waals surface area contributed by atoms with Crippen LogP contribution >= 0.6 is 12.2 Å². The summed E-state index contributed by atoms with van der Waals surface area (Å²) in [6, 6.07) is 5.48. The monoisotopic (exact) mass is 306 g/mol. The first-order chi connectivity index (χ1) is 10.3. The fraction of sp³-hybridized carbons (Fsp3) is 0.500. The molecule has 0 saturated carbocycles. The summed E-state index contributed by atoms with van der Waals surface area (Å²) in [5.74, 6) is 0.585. The summed E-state index contributed by atoms with van der Waals surface area (Å²) in [6.07, 6.45) is 1.67. The molecule has 2 fully saturated rings. The number of nitrogens with zero attached hydrogens (tertiary/aromatic N) is 4. The van der Waals surface area contributed by atoms with Crippen LogP contribution in [-0.4, -0.2) is 71.7 Å². The molecule has 0 aliphatic carbocycles. The van der Waals surface area contributed by atoms with Crippen LogP contribution in [0, 0.1) is 0 Å². The lowest BCUT2D eigenvalue weighted by Gasteiger charge is -2.28. The van der Waals surface area contributed by atoms with Gasteiger partial charge in [-0.2, -0.15) is 0 Å². The molecule has 2 aliphatic heterocycles. The van der Waals surface area contributed by atoms with E-state index in [1.165, 1.54) is 4.90 Å². The number of hydrogen-bond acceptors (Lipinski definition) is 5. The highest BCUT2D eigenvalue weighted by Crippen LogP contribution is 2.18. The summed E-state index contributed by atoms with van der Waals surface area (Å²) in [4.78, 5) is 22.2. The molecule has 0 bridgehead atoms. The van der Waals surface area contributed by atoms with Gasteiger partial charge in [-0.25, -0.2) is 9.88 Å². The van der Waals surface area contributed by atoms with E-state index < -0.39 is 0 Å². The van der Waals surface area contributed by atoms with Crippen LogP contribution in [0.3, 0.4) is 0 Å². The van der Waals surface area contributed by atoms with Crippen molar-refractivity contribution in [1.29, 1.82) is 0 Å². The molecule has 0 unspecified atom stereocenters. The van der Waals surface area contributed by atoms with Crippen molar-refractivity contribution in [2.24, 2.45) is 0 Å². The number of anilines is 1. The van der Waals surface area contributed by atoms with Crippen LogP contribution in [0.4, 0.5) is 5.82 Å². The lowest BCUT2D eigenvalue weighted by Crippen LogP contribution is -2.42. The fourth-order valence-electron chi connectivity index (χ4n) is 2.52. The molecule has 21 heavy (non-hydrogen) atoms. The van der Waals surface area contributed by atoms with E-state index in [9.17, 15) is 4.79 Å². The summed E-state index contributed by atoms with van der Waals surface area (Å²) in [7, 11) is 0. The number of hydrogen-bond donors (Lipinski definition) is 0. The fourth-order valence-corrected chi connectivity index (χ4v) is 2.87. The van der Waals surface area contributed by atoms with E-state index >= 15 is 0 Å². The molecule has 0 spiro atoms. The number of morpholine rings is 1. The summed E-state index contributed by atoms with van der Waals surface area (Å²) >= 11 is 5.44. The molecule has 2 aliphatic rings. The third kappa shape index (κ3) is 3.20. The number of rotatable bonds is 4. The maximum absolute atomic E-state index is 12.2. The summed E-state index contributed by atoms with van der Waals surface area (Å²) in [5, 5.41) is 0.548. The van der Waals surface area contributed by atoms with Gasteiger partial charge >= 0.3 is 0 Å². The second kappa shape index (κ2) is 6.46. The van der Waals surface area contributed by atoms with Crippen molar-refractivity contribution in [3.63, 3.8) is 0 Å². The Kier molecular flexibility index (Phi) is 4.42. The average molecular weight is 306 g/mol. The molecule has 1 aromatic heterocycles. The Morgan fingerprint density at radius 3 is 2.76 bits per heavy atom. The zero-order valence-corrected chi connectivity index (χ0v) is 12.6. The predicted molar refractivity (Wildman–Crippen MR) is 83.2 cm³/mol. The van der Waals surface area contributed by atoms with Gasteiger partial charge in [0, 0.05) is 32.4 Å². The quantitative estimate of drug-likeness (QED) is 0.748. The molecule has 112 valence electrons. The second-order valence-electron chi connectivity index (χ2n) is 5.08. The number of thiocarbonyl (C=S) groups is 1. The number of ether oxygens (including phenoxy) is 1. The number of amides is 1. The van der Waals surface area contributed by atoms with E-state index in [1.807, 2.05) is 17.0 Å². The number of carbonyl (C=O) groups excluding carboxylic acids is 1. The molecule has 2 saturated heterocycles. The highest BCUT2D eigenvalue weighted by molar-refractivity contribution is 7.80. The van der Waals surface area contributed by atoms with Crippen molar-refractivity contribution in [1.82, 2.24) is 14.8 Å². The minimum atomic E-state index is -0.0133. The van der Waals surface area contributed by atoms with Gasteiger partial charge in [0.25, 0.3) is 5.91 Å². The second-order valence-corrected chi connectivity index (χ2v) is 5.44. The van der Waals surface area contributed by atoms with Crippen molar-refractivity contribution in [2.75, 3.05) is 50.8 Å². The van der Waals surface area contributed by atoms with Crippen LogP contribution in [0.15, 0.2) is 24.4 Å². The maximum Gasteiger partial charge on any atom is 0.254 e. The van der Waals surface area contributed by atoms with E-state index in [0.717, 1.165) is 39.4 Å². The topological polar surface area (TPSA) is 48.9 Å². The highest BCUT2D eigenvalue weighted by Gasteiger charge is 2.34. The molecule has 3 heterocycles. The molecule has 0 atom stereocenters. The SMILES string of the molecule is O=C1CN(CCN2CCOCC2)C(=S)N1c1ccccn1. The lowest BCUT2D eigenvalue weighted by atomic mass is 10.4. The van der Waals surface area contributed by atoms with Gasteiger partial charge in [-0.1, -0.05) is 6.07 Å². The Morgan fingerprint density at radius 2 is 2.05 bits per heavy atom. The van der Waals surface area contributed by atoms with Crippen molar-refractivity contribution in [3.8, 4) is 0 Å². The molecular formula is C14H18N4O2S. The third-order valence-corrected chi connectivity index (χ3v) is 4.15. The van der Waals surface area contributed by atoms with Crippen molar-refractivity contribution < 1.29 is 9.53 Å². The summed E-state index contributed by atoms with van der Waals surface area (Å²) in [6.45, 7) is 5.43. The standard InChI is InChI=1S/C14H18N4O2S/c19-13-11-17(6-5-16-7-9-20-10-8-16)14(21)18(13)12-3-1-2-4-15-12/h1-4H,5-11H2. The normalized spacial score (nSPS) is 20.4. The molecular weight excluding hydrogens is 288 g/mol. The van der Waals surface area contributed by atoms with Crippen LogP contribution in [0.5, 0.6) is 0 Å². The first kappa shape index (κ1) is 14.4. The Hall–Kier alpha value is -1.57. The molecule has 0 radical (unpaired) electrons. The van der Waals surface area contributed by atoms with E-state index in [4.69, 9.17) is 17.0 Å². The van der Waals surface area contributed by atoms with Gasteiger partial charge in [0.05, 0.1) is 13.2 Å². The molecule has 3 rings (SSSR count). The van der Waals surface area contributed by atoms with E-state index in [2.05, 4.69) is 9.88 Å². The Morgan fingerprint density at radius 1 is 1.24 bits per heavy atom. The zero-order chi connectivity index (χ0) is 14.7. The molecule has 6 nitrogen and oxygen atoms in total. The first-order valence-electron chi connectivity index (χ1n) is 7.09. The van der Waals surface area contributed by atoms with Gasteiger partial charge < -0.3 is 9.64 Å². The minimum Gasteiger partial charge on any atom is -0.379 e. The van der Waals surface area contributed by atoms with Gasteiger partial charge in [-0.15, -0.1) is 0 Å². The van der Waals surface area contributed by atoms with E-state index in [-0.39, 0.29) is 5.91 Å². The number of aromatic nitrogens is 1. The maximum atomic E-state index is 12.2. The minimum absolute atomic E-state index is 0.0133. The van der Waals surface area contributed by atoms with Gasteiger partial charge in [0.2, 0.25) is 0 Å². The third-order valence-electron chi connectivity index (χ3n) is 3.71. The smallest absolute Gasteiger partial charge is 0.254 e. The summed E-state index contributed by atoms with van der Waals surface area (Å²) in [5.41, 5.74) is 0. The molecule has 7 heteroatoms. The van der Waals surface area contributed by atoms with Gasteiger partial charge in [-0.05, 0) is 24.4 Å². The van der Waals surface area contributed by atoms with Crippen LogP contribution in [0.1, 0.15) is 0 Å². The lowest BCUT2D eigenvalue weighted by molar-refractivity contribution is -0.116. The first-order valence-corrected chi connectivity index (χ1v) is 7.49. The molecule has 1 amide bonds. The van der Waals surface area contributed by atoms with E-state index in [1.54, 1.807) is 12.3 Å². The van der Waals surface area contributed by atoms with Crippen LogP contribution in [0.2, 0.25) is 0 Å². The molecule has 1 aromatic rings. The number of pyridine rings is 1. The van der Waals surface area contributed by atoms with Crippen molar-refractivity contribution >= 4 is 29.1 Å². The number of carbonyl (C=O) groups is 1. The van der Waals surface area contributed by atoms with Crippen LogP contribution < -0.4 is 4.90 Å². The highest BCUT2D eigenvalue weighted by atomic mass is 32.1. The summed E-state index contributed by atoms with van der Waals surface area (Å²) < 4.78 is 5.33. The van der Waals surface area contributed by atoms with Crippen LogP contribution in [0.25, 0.3) is 0 Å². The largest absolute Gasteiger partial charge is 0.379 e. The average Bonchev–Trinajstić information content (AvgIpc) is 2.81. The van der Waals surface area contributed by atoms with Crippen LogP contribution in [-0.2, 0) is 9.53 Å². The molecule has 0 N–H and O–H groups in total. The zero-order valence-electron chi connectivity index (χ0n) is 11.8. The Balaban J connectivity index is 1.61. The Bertz CT molecular complexity index is 519. The van der Waals surface area contributed by atoms with Crippen molar-refractivity contribution in [2.45, 2.75) is 0 Å². The molecule has 0 aromatic carbocycles. The van der Waals surface area contributed by atoms with Gasteiger partial charge in [-0.3, -0.25) is 9.69 Å². The Labute approximate surface area is 129 Å². The van der Waals surface area contributed by atoms with Gasteiger partial charge in [0.15, 0.2) is 5.11 Å². The van der Waals surface area contributed by atoms with Crippen molar-refractivity contribution in [3.05, 3.63) is 24.4 Å². The van der Waals surface area contributed by atoms with Gasteiger partial charge in [0.1, 0.15) is 12.4 Å². The predicted octanol–water partition coefficient (Wildman–Crippen LogP) is 0.347.